The summed E-state index contributed by atoms with van der Waals surface area (Å²) in [5, 5.41) is 11.6. The predicted octanol–water partition coefficient (Wildman–Crippen LogP) is 2.43. The van der Waals surface area contributed by atoms with E-state index in [9.17, 15) is 4.79 Å². The second-order valence-corrected chi connectivity index (χ2v) is 7.99. The average Bonchev–Trinajstić information content (AvgIpc) is 3.37. The number of aromatic amines is 1. The molecule has 0 spiro atoms. The Morgan fingerprint density at radius 2 is 2.23 bits per heavy atom. The zero-order valence-electron chi connectivity index (χ0n) is 15.2. The summed E-state index contributed by atoms with van der Waals surface area (Å²) in [4.78, 5) is 17.2. The molecular weight excluding hydrogens is 348 g/mol. The number of hydrogen-bond donors (Lipinski definition) is 1. The van der Waals surface area contributed by atoms with E-state index in [1.54, 1.807) is 13.2 Å². The molecular formula is C18H24N6OS. The summed E-state index contributed by atoms with van der Waals surface area (Å²) >= 11 is 1.81. The van der Waals surface area contributed by atoms with Crippen LogP contribution in [0.1, 0.15) is 36.4 Å². The second kappa shape index (κ2) is 7.20. The highest BCUT2D eigenvalue weighted by molar-refractivity contribution is 7.15. The molecule has 8 heteroatoms. The normalized spacial score (nSPS) is 18.5. The Morgan fingerprint density at radius 1 is 1.35 bits per heavy atom. The fourth-order valence-electron chi connectivity index (χ4n) is 3.75. The quantitative estimate of drug-likeness (QED) is 0.747. The number of H-pyrrole nitrogens is 1. The SMILES string of the molecule is CCn1c(C2CCCN(Cc3ccc(-c4ccn[nH]4)s3)C2)nn(C)c1=O. The molecule has 1 aliphatic rings. The number of hydrogen-bond acceptors (Lipinski definition) is 5. The highest BCUT2D eigenvalue weighted by Crippen LogP contribution is 2.30. The third-order valence-corrected chi connectivity index (χ3v) is 6.13. The zero-order valence-corrected chi connectivity index (χ0v) is 16.0. The maximum absolute atomic E-state index is 12.2. The van der Waals surface area contributed by atoms with Gasteiger partial charge in [-0.2, -0.15) is 10.2 Å². The monoisotopic (exact) mass is 372 g/mol. The van der Waals surface area contributed by atoms with Crippen LogP contribution in [0.15, 0.2) is 29.2 Å². The Kier molecular flexibility index (Phi) is 4.78. The van der Waals surface area contributed by atoms with Crippen molar-refractivity contribution < 1.29 is 0 Å². The lowest BCUT2D eigenvalue weighted by Crippen LogP contribution is -2.35. The number of nitrogens with zero attached hydrogens (tertiary/aromatic N) is 5. The molecule has 0 saturated carbocycles. The van der Waals surface area contributed by atoms with E-state index in [1.807, 2.05) is 28.9 Å². The first-order valence-electron chi connectivity index (χ1n) is 9.10. The minimum Gasteiger partial charge on any atom is -0.298 e. The van der Waals surface area contributed by atoms with Crippen LogP contribution >= 0.6 is 11.3 Å². The summed E-state index contributed by atoms with van der Waals surface area (Å²) in [5.74, 6) is 1.26. The van der Waals surface area contributed by atoms with Crippen LogP contribution in [0.25, 0.3) is 10.6 Å². The van der Waals surface area contributed by atoms with Gasteiger partial charge in [0, 0.05) is 43.7 Å². The molecule has 1 atom stereocenters. The smallest absolute Gasteiger partial charge is 0.298 e. The van der Waals surface area contributed by atoms with Gasteiger partial charge in [-0.05, 0) is 44.5 Å². The molecule has 0 radical (unpaired) electrons. The molecule has 1 saturated heterocycles. The van der Waals surface area contributed by atoms with Crippen LogP contribution in [-0.4, -0.2) is 42.5 Å². The number of piperidine rings is 1. The standard InChI is InChI=1S/C18H24N6OS/c1-3-24-17(21-22(2)18(24)25)13-5-4-10-23(11-13)12-14-6-7-16(26-14)15-8-9-19-20-15/h6-9,13H,3-5,10-12H2,1-2H3,(H,19,20). The summed E-state index contributed by atoms with van der Waals surface area (Å²) in [5.41, 5.74) is 1.06. The van der Waals surface area contributed by atoms with Gasteiger partial charge in [0.05, 0.1) is 10.6 Å². The molecule has 4 heterocycles. The molecule has 4 rings (SSSR count). The van der Waals surface area contributed by atoms with Gasteiger partial charge in [-0.1, -0.05) is 0 Å². The van der Waals surface area contributed by atoms with E-state index in [1.165, 1.54) is 14.4 Å². The Labute approximate surface area is 156 Å². The van der Waals surface area contributed by atoms with Gasteiger partial charge in [-0.25, -0.2) is 9.48 Å². The van der Waals surface area contributed by atoms with Gasteiger partial charge in [0.2, 0.25) is 0 Å². The lowest BCUT2D eigenvalue weighted by molar-refractivity contribution is 0.196. The maximum Gasteiger partial charge on any atom is 0.345 e. The first kappa shape index (κ1) is 17.2. The van der Waals surface area contributed by atoms with E-state index < -0.39 is 0 Å². The lowest BCUT2D eigenvalue weighted by Gasteiger charge is -2.31. The van der Waals surface area contributed by atoms with Gasteiger partial charge >= 0.3 is 5.69 Å². The molecule has 26 heavy (non-hydrogen) atoms. The van der Waals surface area contributed by atoms with E-state index in [2.05, 4.69) is 32.3 Å². The molecule has 1 N–H and O–H groups in total. The van der Waals surface area contributed by atoms with Crippen molar-refractivity contribution in [3.8, 4) is 10.6 Å². The summed E-state index contributed by atoms with van der Waals surface area (Å²) in [6.07, 6.45) is 4.01. The topological polar surface area (TPSA) is 71.7 Å². The number of likely N-dealkylation sites (tertiary alicyclic amines) is 1. The molecule has 0 bridgehead atoms. The highest BCUT2D eigenvalue weighted by atomic mass is 32.1. The van der Waals surface area contributed by atoms with Gasteiger partial charge in [0.1, 0.15) is 5.82 Å². The van der Waals surface area contributed by atoms with Gasteiger partial charge in [0.25, 0.3) is 0 Å². The van der Waals surface area contributed by atoms with Crippen molar-refractivity contribution in [2.45, 2.75) is 38.8 Å². The first-order valence-corrected chi connectivity index (χ1v) is 9.92. The first-order chi connectivity index (χ1) is 12.7. The van der Waals surface area contributed by atoms with Crippen LogP contribution in [0.4, 0.5) is 0 Å². The third-order valence-electron chi connectivity index (χ3n) is 5.03. The molecule has 1 unspecified atom stereocenters. The van der Waals surface area contributed by atoms with Gasteiger partial charge in [0.15, 0.2) is 0 Å². The Morgan fingerprint density at radius 3 is 3.00 bits per heavy atom. The third kappa shape index (κ3) is 3.26. The maximum atomic E-state index is 12.2. The van der Waals surface area contributed by atoms with Crippen LogP contribution in [0, 0.1) is 0 Å². The molecule has 3 aromatic rings. The van der Waals surface area contributed by atoms with Crippen molar-refractivity contribution in [1.29, 1.82) is 0 Å². The summed E-state index contributed by atoms with van der Waals surface area (Å²) in [6.45, 7) is 5.68. The fourth-order valence-corrected chi connectivity index (χ4v) is 4.78. The van der Waals surface area contributed by atoms with Gasteiger partial charge in [-0.15, -0.1) is 11.3 Å². The Balaban J connectivity index is 1.48. The van der Waals surface area contributed by atoms with Crippen molar-refractivity contribution in [3.63, 3.8) is 0 Å². The van der Waals surface area contributed by atoms with E-state index in [-0.39, 0.29) is 5.69 Å². The predicted molar refractivity (Wildman–Crippen MR) is 102 cm³/mol. The summed E-state index contributed by atoms with van der Waals surface area (Å²) in [6, 6.07) is 6.35. The number of nitrogens with one attached hydrogen (secondary N) is 1. The van der Waals surface area contributed by atoms with Crippen LogP contribution in [-0.2, 0) is 20.1 Å². The van der Waals surface area contributed by atoms with Crippen LogP contribution in [0.2, 0.25) is 0 Å². The molecule has 138 valence electrons. The van der Waals surface area contributed by atoms with Crippen LogP contribution < -0.4 is 5.69 Å². The van der Waals surface area contributed by atoms with Gasteiger partial charge in [-0.3, -0.25) is 14.6 Å². The highest BCUT2D eigenvalue weighted by Gasteiger charge is 2.26. The second-order valence-electron chi connectivity index (χ2n) is 6.82. The number of thiophene rings is 1. The molecule has 0 aliphatic carbocycles. The average molecular weight is 372 g/mol. The Bertz CT molecular complexity index is 922. The van der Waals surface area contributed by atoms with E-state index in [0.29, 0.717) is 12.5 Å². The lowest BCUT2D eigenvalue weighted by atomic mass is 9.97. The van der Waals surface area contributed by atoms with E-state index in [0.717, 1.165) is 44.0 Å². The van der Waals surface area contributed by atoms with Crippen LogP contribution in [0.3, 0.4) is 0 Å². The van der Waals surface area contributed by atoms with Gasteiger partial charge < -0.3 is 0 Å². The largest absolute Gasteiger partial charge is 0.345 e. The van der Waals surface area contributed by atoms with Crippen molar-refractivity contribution >= 4 is 11.3 Å². The molecule has 3 aromatic heterocycles. The minimum absolute atomic E-state index is 0.0120. The van der Waals surface area contributed by atoms with Crippen molar-refractivity contribution in [3.05, 3.63) is 45.6 Å². The number of rotatable bonds is 5. The molecule has 1 aliphatic heterocycles. The summed E-state index contributed by atoms with van der Waals surface area (Å²) < 4.78 is 3.28. The number of aromatic nitrogens is 5. The van der Waals surface area contributed by atoms with E-state index >= 15 is 0 Å². The molecule has 7 nitrogen and oxygen atoms in total. The zero-order chi connectivity index (χ0) is 18.1. The minimum atomic E-state index is -0.0120. The van der Waals surface area contributed by atoms with Crippen molar-refractivity contribution in [1.82, 2.24) is 29.4 Å². The van der Waals surface area contributed by atoms with E-state index in [4.69, 9.17) is 0 Å². The molecule has 0 amide bonds. The Hall–Kier alpha value is -2.19. The van der Waals surface area contributed by atoms with Crippen molar-refractivity contribution in [2.24, 2.45) is 7.05 Å². The summed E-state index contributed by atoms with van der Waals surface area (Å²) in [7, 11) is 1.74. The van der Waals surface area contributed by atoms with Crippen LogP contribution in [0.5, 0.6) is 0 Å². The molecule has 0 aromatic carbocycles. The number of aryl methyl sites for hydroxylation is 1. The molecule has 1 fully saturated rings. The van der Waals surface area contributed by atoms with Crippen molar-refractivity contribution in [2.75, 3.05) is 13.1 Å². The fraction of sp³-hybridized carbons (Fsp3) is 0.500.